The summed E-state index contributed by atoms with van der Waals surface area (Å²) in [5.41, 5.74) is 3.41. The van der Waals surface area contributed by atoms with Crippen molar-refractivity contribution in [1.29, 1.82) is 0 Å². The minimum atomic E-state index is -0.0836. The van der Waals surface area contributed by atoms with E-state index in [1.165, 1.54) is 11.1 Å². The van der Waals surface area contributed by atoms with Gasteiger partial charge >= 0.3 is 0 Å². The second-order valence-corrected chi connectivity index (χ2v) is 6.91. The third-order valence-electron chi connectivity index (χ3n) is 5.42. The molecular formula is C19H23ClFN3. The molecule has 1 aromatic carbocycles. The van der Waals surface area contributed by atoms with E-state index < -0.39 is 0 Å². The van der Waals surface area contributed by atoms with Crippen LogP contribution in [0.2, 0.25) is 0 Å². The molecule has 1 spiro atoms. The summed E-state index contributed by atoms with van der Waals surface area (Å²) in [6.07, 6.45) is 5.94. The number of hydrogen-bond acceptors (Lipinski definition) is 3. The Morgan fingerprint density at radius 2 is 1.96 bits per heavy atom. The summed E-state index contributed by atoms with van der Waals surface area (Å²) in [5.74, 6) is -0.0836. The molecular weight excluding hydrogens is 325 g/mol. The van der Waals surface area contributed by atoms with Gasteiger partial charge in [0.25, 0.3) is 0 Å². The lowest BCUT2D eigenvalue weighted by Crippen LogP contribution is -2.44. The number of pyridine rings is 1. The van der Waals surface area contributed by atoms with Crippen LogP contribution in [0.3, 0.4) is 0 Å². The third-order valence-corrected chi connectivity index (χ3v) is 5.42. The van der Waals surface area contributed by atoms with E-state index in [9.17, 15) is 4.39 Å². The van der Waals surface area contributed by atoms with E-state index >= 15 is 0 Å². The highest BCUT2D eigenvalue weighted by atomic mass is 35.5. The Morgan fingerprint density at radius 3 is 2.67 bits per heavy atom. The molecule has 4 rings (SSSR count). The molecule has 0 unspecified atom stereocenters. The highest BCUT2D eigenvalue weighted by Crippen LogP contribution is 2.47. The van der Waals surface area contributed by atoms with Crippen LogP contribution < -0.4 is 4.90 Å². The van der Waals surface area contributed by atoms with E-state index in [0.29, 0.717) is 0 Å². The number of para-hydroxylation sites is 1. The number of hydrogen-bond donors (Lipinski definition) is 0. The van der Waals surface area contributed by atoms with Gasteiger partial charge in [-0.15, -0.1) is 12.4 Å². The van der Waals surface area contributed by atoms with Crippen LogP contribution in [0.25, 0.3) is 0 Å². The molecule has 5 heteroatoms. The molecule has 0 amide bonds. The van der Waals surface area contributed by atoms with Crippen molar-refractivity contribution in [3.63, 3.8) is 0 Å². The molecule has 2 aromatic rings. The van der Waals surface area contributed by atoms with Gasteiger partial charge in [0.05, 0.1) is 5.69 Å². The maximum atomic E-state index is 14.2. The second kappa shape index (κ2) is 6.69. The highest BCUT2D eigenvalue weighted by molar-refractivity contribution is 5.85. The molecule has 1 fully saturated rings. The lowest BCUT2D eigenvalue weighted by atomic mass is 9.74. The minimum Gasteiger partial charge on any atom is -0.371 e. The second-order valence-electron chi connectivity index (χ2n) is 6.91. The van der Waals surface area contributed by atoms with Gasteiger partial charge in [-0.3, -0.25) is 9.88 Å². The quantitative estimate of drug-likeness (QED) is 0.827. The van der Waals surface area contributed by atoms with Crippen LogP contribution >= 0.6 is 12.4 Å². The van der Waals surface area contributed by atoms with Gasteiger partial charge in [-0.1, -0.05) is 18.2 Å². The Kier molecular flexibility index (Phi) is 4.79. The molecule has 128 valence electrons. The lowest BCUT2D eigenvalue weighted by molar-refractivity contribution is 0.160. The normalized spacial score (nSPS) is 19.2. The van der Waals surface area contributed by atoms with Gasteiger partial charge in [0, 0.05) is 37.9 Å². The van der Waals surface area contributed by atoms with Gasteiger partial charge in [0.15, 0.2) is 0 Å². The molecule has 2 aliphatic heterocycles. The molecule has 2 aliphatic rings. The van der Waals surface area contributed by atoms with Gasteiger partial charge < -0.3 is 4.90 Å². The number of halogens is 2. The summed E-state index contributed by atoms with van der Waals surface area (Å²) in [6.45, 7) is 4.00. The summed E-state index contributed by atoms with van der Waals surface area (Å²) in [7, 11) is 2.01. The largest absolute Gasteiger partial charge is 0.371 e. The molecule has 0 aliphatic carbocycles. The Balaban J connectivity index is 0.00000169. The molecule has 24 heavy (non-hydrogen) atoms. The molecule has 0 bridgehead atoms. The first kappa shape index (κ1) is 17.2. The van der Waals surface area contributed by atoms with Gasteiger partial charge in [0.1, 0.15) is 5.82 Å². The summed E-state index contributed by atoms with van der Waals surface area (Å²) < 4.78 is 14.2. The number of anilines is 1. The number of benzene rings is 1. The highest BCUT2D eigenvalue weighted by Gasteiger charge is 2.44. The first-order valence-electron chi connectivity index (χ1n) is 8.29. The summed E-state index contributed by atoms with van der Waals surface area (Å²) in [4.78, 5) is 8.78. The van der Waals surface area contributed by atoms with Crippen molar-refractivity contribution < 1.29 is 4.39 Å². The molecule has 3 nitrogen and oxygen atoms in total. The molecule has 0 radical (unpaired) electrons. The average molecular weight is 348 g/mol. The van der Waals surface area contributed by atoms with E-state index in [1.807, 2.05) is 31.6 Å². The number of likely N-dealkylation sites (tertiary alicyclic amines) is 1. The van der Waals surface area contributed by atoms with Gasteiger partial charge in [-0.2, -0.15) is 0 Å². The van der Waals surface area contributed by atoms with E-state index in [-0.39, 0.29) is 23.6 Å². The Bertz CT molecular complexity index is 699. The summed E-state index contributed by atoms with van der Waals surface area (Å²) in [6, 6.07) is 9.68. The number of nitrogens with zero attached hydrogens (tertiary/aromatic N) is 3. The Hall–Kier alpha value is -1.65. The first-order valence-corrected chi connectivity index (χ1v) is 8.29. The fourth-order valence-corrected chi connectivity index (χ4v) is 4.27. The topological polar surface area (TPSA) is 19.4 Å². The molecule has 0 atom stereocenters. The molecule has 0 saturated carbocycles. The van der Waals surface area contributed by atoms with Crippen molar-refractivity contribution >= 4 is 18.1 Å². The average Bonchev–Trinajstić information content (AvgIpc) is 2.84. The lowest BCUT2D eigenvalue weighted by Gasteiger charge is -2.39. The fraction of sp³-hybridized carbons (Fsp3) is 0.421. The number of aromatic nitrogens is 1. The van der Waals surface area contributed by atoms with Gasteiger partial charge in [0.2, 0.25) is 0 Å². The van der Waals surface area contributed by atoms with E-state index in [4.69, 9.17) is 0 Å². The molecule has 3 heterocycles. The van der Waals surface area contributed by atoms with Gasteiger partial charge in [-0.25, -0.2) is 4.39 Å². The third kappa shape index (κ3) is 2.89. The fourth-order valence-electron chi connectivity index (χ4n) is 4.27. The predicted molar refractivity (Wildman–Crippen MR) is 97.3 cm³/mol. The first-order chi connectivity index (χ1) is 11.2. The van der Waals surface area contributed by atoms with Crippen molar-refractivity contribution in [1.82, 2.24) is 9.88 Å². The van der Waals surface area contributed by atoms with Crippen LogP contribution in [-0.4, -0.2) is 36.6 Å². The van der Waals surface area contributed by atoms with E-state index in [0.717, 1.165) is 44.7 Å². The van der Waals surface area contributed by atoms with Crippen molar-refractivity contribution in [2.24, 2.45) is 0 Å². The van der Waals surface area contributed by atoms with Crippen LogP contribution in [0.5, 0.6) is 0 Å². The number of fused-ring (bicyclic) bond motifs is 2. The monoisotopic (exact) mass is 347 g/mol. The van der Waals surface area contributed by atoms with E-state index in [2.05, 4.69) is 26.9 Å². The van der Waals surface area contributed by atoms with Gasteiger partial charge in [-0.05, 0) is 49.2 Å². The van der Waals surface area contributed by atoms with Crippen LogP contribution in [0.4, 0.5) is 10.1 Å². The van der Waals surface area contributed by atoms with E-state index in [1.54, 1.807) is 6.07 Å². The standard InChI is InChI=1S/C19H22FN3.ClH/c1-22-14-19(16-5-2-6-17(20)18(16)22)7-10-23(11-8-19)13-15-4-3-9-21-12-15;/h2-6,9,12H,7-8,10-11,13-14H2,1H3;1H. The number of piperidine rings is 1. The Labute approximate surface area is 148 Å². The van der Waals surface area contributed by atoms with Crippen LogP contribution in [0.1, 0.15) is 24.0 Å². The zero-order valence-corrected chi connectivity index (χ0v) is 14.7. The number of likely N-dealkylation sites (N-methyl/N-ethyl adjacent to an activating group) is 1. The van der Waals surface area contributed by atoms with Crippen LogP contribution in [0.15, 0.2) is 42.7 Å². The molecule has 1 aromatic heterocycles. The SMILES string of the molecule is CN1CC2(CCN(Cc3cccnc3)CC2)c2cccc(F)c21.Cl. The van der Waals surface area contributed by atoms with Crippen molar-refractivity contribution in [2.45, 2.75) is 24.8 Å². The summed E-state index contributed by atoms with van der Waals surface area (Å²) in [5, 5.41) is 0. The zero-order valence-electron chi connectivity index (χ0n) is 13.9. The minimum absolute atomic E-state index is 0. The van der Waals surface area contributed by atoms with Crippen molar-refractivity contribution in [2.75, 3.05) is 31.6 Å². The molecule has 1 saturated heterocycles. The predicted octanol–water partition coefficient (Wildman–Crippen LogP) is 3.63. The van der Waals surface area contributed by atoms with Crippen molar-refractivity contribution in [3.8, 4) is 0 Å². The zero-order chi connectivity index (χ0) is 15.9. The van der Waals surface area contributed by atoms with Crippen LogP contribution in [-0.2, 0) is 12.0 Å². The maximum absolute atomic E-state index is 14.2. The molecule has 0 N–H and O–H groups in total. The smallest absolute Gasteiger partial charge is 0.146 e. The van der Waals surface area contributed by atoms with Crippen LogP contribution in [0, 0.1) is 5.82 Å². The maximum Gasteiger partial charge on any atom is 0.146 e. The number of rotatable bonds is 2. The Morgan fingerprint density at radius 1 is 1.17 bits per heavy atom. The summed E-state index contributed by atoms with van der Waals surface area (Å²) >= 11 is 0. The van der Waals surface area contributed by atoms with Crippen molar-refractivity contribution in [3.05, 3.63) is 59.7 Å².